The first-order chi connectivity index (χ1) is 11.2. The zero-order valence-corrected chi connectivity index (χ0v) is 14.9. The Kier molecular flexibility index (Phi) is 5.47. The molecule has 3 N–H and O–H groups in total. The molecule has 2 rings (SSSR count). The highest BCUT2D eigenvalue weighted by Crippen LogP contribution is 2.47. The average Bonchev–Trinajstić information content (AvgIpc) is 3.27. The van der Waals surface area contributed by atoms with Crippen molar-refractivity contribution >= 4 is 11.9 Å². The lowest BCUT2D eigenvalue weighted by Crippen LogP contribution is -2.49. The molecule has 1 amide bonds. The smallest absolute Gasteiger partial charge is 0.239 e. The summed E-state index contributed by atoms with van der Waals surface area (Å²) in [6.45, 7) is 6.70. The quantitative estimate of drug-likeness (QED) is 0.569. The van der Waals surface area contributed by atoms with Crippen molar-refractivity contribution in [3.05, 3.63) is 35.6 Å². The van der Waals surface area contributed by atoms with E-state index in [1.807, 2.05) is 32.9 Å². The zero-order valence-electron chi connectivity index (χ0n) is 14.9. The van der Waals surface area contributed by atoms with Crippen LogP contribution in [0.4, 0.5) is 4.39 Å². The number of nitrogens with zero attached hydrogens (tertiary/aromatic N) is 1. The maximum absolute atomic E-state index is 13.1. The molecule has 1 aliphatic rings. The molecule has 1 aromatic rings. The lowest BCUT2D eigenvalue weighted by Gasteiger charge is -2.22. The van der Waals surface area contributed by atoms with Gasteiger partial charge in [0.1, 0.15) is 5.82 Å². The van der Waals surface area contributed by atoms with Crippen molar-refractivity contribution in [2.75, 3.05) is 20.1 Å². The van der Waals surface area contributed by atoms with Gasteiger partial charge in [0.05, 0.1) is 6.54 Å². The molecule has 6 heteroatoms. The minimum Gasteiger partial charge on any atom is -0.356 e. The van der Waals surface area contributed by atoms with E-state index >= 15 is 0 Å². The predicted molar refractivity (Wildman–Crippen MR) is 94.6 cm³/mol. The minimum atomic E-state index is -0.254. The van der Waals surface area contributed by atoms with Crippen molar-refractivity contribution in [3.8, 4) is 0 Å². The van der Waals surface area contributed by atoms with E-state index in [1.54, 1.807) is 7.05 Å². The molecule has 0 saturated heterocycles. The molecule has 132 valence electrons. The number of carbonyl (C=O) groups is 1. The minimum absolute atomic E-state index is 0.0407. The summed E-state index contributed by atoms with van der Waals surface area (Å²) in [5.41, 5.74) is 0.923. The van der Waals surface area contributed by atoms with Crippen molar-refractivity contribution in [1.29, 1.82) is 0 Å². The largest absolute Gasteiger partial charge is 0.356 e. The van der Waals surface area contributed by atoms with Crippen LogP contribution < -0.4 is 16.0 Å². The van der Waals surface area contributed by atoms with E-state index in [1.165, 1.54) is 12.1 Å². The van der Waals surface area contributed by atoms with Crippen LogP contribution in [0.1, 0.15) is 39.2 Å². The third-order valence-corrected chi connectivity index (χ3v) is 4.06. The normalized spacial score (nSPS) is 16.5. The number of halogens is 1. The summed E-state index contributed by atoms with van der Waals surface area (Å²) < 4.78 is 13.1. The van der Waals surface area contributed by atoms with Crippen LogP contribution in [0.2, 0.25) is 0 Å². The molecule has 1 saturated carbocycles. The number of aliphatic imine (C=N–C) groups is 1. The van der Waals surface area contributed by atoms with Crippen LogP contribution in [0.3, 0.4) is 0 Å². The van der Waals surface area contributed by atoms with Gasteiger partial charge >= 0.3 is 0 Å². The van der Waals surface area contributed by atoms with Gasteiger partial charge in [-0.3, -0.25) is 9.79 Å². The number of guanidine groups is 1. The fraction of sp³-hybridized carbons (Fsp3) is 0.556. The second-order valence-corrected chi connectivity index (χ2v) is 7.36. The molecule has 0 spiro atoms. The van der Waals surface area contributed by atoms with Gasteiger partial charge in [-0.05, 0) is 51.3 Å². The molecular weight excluding hydrogens is 307 g/mol. The molecule has 1 aliphatic carbocycles. The highest BCUT2D eigenvalue weighted by atomic mass is 19.1. The molecule has 0 unspecified atom stereocenters. The van der Waals surface area contributed by atoms with E-state index in [4.69, 9.17) is 0 Å². The number of rotatable bonds is 5. The van der Waals surface area contributed by atoms with Crippen molar-refractivity contribution < 1.29 is 9.18 Å². The molecule has 0 aromatic heterocycles. The Hall–Kier alpha value is -2.11. The lowest BCUT2D eigenvalue weighted by molar-refractivity contribution is -0.121. The molecule has 0 heterocycles. The summed E-state index contributed by atoms with van der Waals surface area (Å²) in [5, 5.41) is 9.18. The van der Waals surface area contributed by atoms with Crippen molar-refractivity contribution in [3.63, 3.8) is 0 Å². The Balaban J connectivity index is 1.84. The van der Waals surface area contributed by atoms with E-state index in [0.29, 0.717) is 12.5 Å². The molecule has 0 radical (unpaired) electrons. The standard InChI is InChI=1S/C18H27FN4O/c1-17(2,3)23-15(24)11-21-16(20-4)22-12-18(9-10-18)13-5-7-14(19)8-6-13/h5-8H,9-12H2,1-4H3,(H,23,24)(H2,20,21,22). The molecule has 1 fully saturated rings. The van der Waals surface area contributed by atoms with E-state index in [0.717, 1.165) is 18.4 Å². The van der Waals surface area contributed by atoms with Crippen LogP contribution in [0.25, 0.3) is 0 Å². The molecule has 5 nitrogen and oxygen atoms in total. The monoisotopic (exact) mass is 334 g/mol. The summed E-state index contributed by atoms with van der Waals surface area (Å²) >= 11 is 0. The number of carbonyl (C=O) groups excluding carboxylic acids is 1. The third-order valence-electron chi connectivity index (χ3n) is 4.06. The third kappa shape index (κ3) is 5.22. The Morgan fingerprint density at radius 2 is 1.83 bits per heavy atom. The molecule has 0 atom stereocenters. The van der Waals surface area contributed by atoms with Crippen LogP contribution >= 0.6 is 0 Å². The summed E-state index contributed by atoms with van der Waals surface area (Å²) in [6.07, 6.45) is 2.13. The van der Waals surface area contributed by atoms with Crippen LogP contribution in [0.15, 0.2) is 29.3 Å². The summed E-state index contributed by atoms with van der Waals surface area (Å²) in [4.78, 5) is 16.0. The zero-order chi connectivity index (χ0) is 17.8. The Morgan fingerprint density at radius 1 is 1.21 bits per heavy atom. The van der Waals surface area contributed by atoms with Crippen LogP contribution in [-0.2, 0) is 10.2 Å². The van der Waals surface area contributed by atoms with E-state index in [9.17, 15) is 9.18 Å². The van der Waals surface area contributed by atoms with Gasteiger partial charge in [-0.1, -0.05) is 12.1 Å². The van der Waals surface area contributed by atoms with Gasteiger partial charge in [0, 0.05) is 24.5 Å². The number of nitrogens with one attached hydrogen (secondary N) is 3. The van der Waals surface area contributed by atoms with E-state index in [2.05, 4.69) is 20.9 Å². The second-order valence-electron chi connectivity index (χ2n) is 7.36. The van der Waals surface area contributed by atoms with Gasteiger partial charge in [-0.25, -0.2) is 4.39 Å². The average molecular weight is 334 g/mol. The van der Waals surface area contributed by atoms with Crippen LogP contribution in [0.5, 0.6) is 0 Å². The maximum atomic E-state index is 13.1. The van der Waals surface area contributed by atoms with Gasteiger partial charge in [-0.15, -0.1) is 0 Å². The van der Waals surface area contributed by atoms with Gasteiger partial charge < -0.3 is 16.0 Å². The van der Waals surface area contributed by atoms with Crippen LogP contribution in [-0.4, -0.2) is 37.5 Å². The number of hydrogen-bond donors (Lipinski definition) is 3. The second kappa shape index (κ2) is 7.20. The fourth-order valence-electron chi connectivity index (χ4n) is 2.62. The summed E-state index contributed by atoms with van der Waals surface area (Å²) in [5.74, 6) is 0.294. The predicted octanol–water partition coefficient (Wildman–Crippen LogP) is 1.94. The number of hydrogen-bond acceptors (Lipinski definition) is 2. The summed E-state index contributed by atoms with van der Waals surface area (Å²) in [7, 11) is 1.68. The first kappa shape index (κ1) is 18.2. The Labute approximate surface area is 143 Å². The van der Waals surface area contributed by atoms with Gasteiger partial charge in [0.15, 0.2) is 5.96 Å². The molecular formula is C18H27FN4O. The highest BCUT2D eigenvalue weighted by molar-refractivity contribution is 5.86. The topological polar surface area (TPSA) is 65.5 Å². The number of amides is 1. The van der Waals surface area contributed by atoms with Gasteiger partial charge in [-0.2, -0.15) is 0 Å². The Bertz CT molecular complexity index is 600. The maximum Gasteiger partial charge on any atom is 0.239 e. The lowest BCUT2D eigenvalue weighted by atomic mass is 9.96. The van der Waals surface area contributed by atoms with E-state index in [-0.39, 0.29) is 29.2 Å². The van der Waals surface area contributed by atoms with Gasteiger partial charge in [0.25, 0.3) is 0 Å². The Morgan fingerprint density at radius 3 is 2.33 bits per heavy atom. The first-order valence-electron chi connectivity index (χ1n) is 8.26. The SMILES string of the molecule is CN=C(NCC(=O)NC(C)(C)C)NCC1(c2ccc(F)cc2)CC1. The molecule has 0 aliphatic heterocycles. The molecule has 1 aromatic carbocycles. The van der Waals surface area contributed by atoms with Crippen molar-refractivity contribution in [1.82, 2.24) is 16.0 Å². The highest BCUT2D eigenvalue weighted by Gasteiger charge is 2.44. The summed E-state index contributed by atoms with van der Waals surface area (Å²) in [6, 6.07) is 6.69. The van der Waals surface area contributed by atoms with Crippen LogP contribution in [0, 0.1) is 5.82 Å². The number of benzene rings is 1. The van der Waals surface area contributed by atoms with Crippen molar-refractivity contribution in [2.24, 2.45) is 4.99 Å². The molecule has 24 heavy (non-hydrogen) atoms. The molecule has 0 bridgehead atoms. The van der Waals surface area contributed by atoms with Gasteiger partial charge in [0.2, 0.25) is 5.91 Å². The van der Waals surface area contributed by atoms with Crippen molar-refractivity contribution in [2.45, 2.75) is 44.6 Å². The first-order valence-corrected chi connectivity index (χ1v) is 8.26. The van der Waals surface area contributed by atoms with E-state index < -0.39 is 0 Å². The fourth-order valence-corrected chi connectivity index (χ4v) is 2.62.